The molecule has 1 N–H and O–H groups in total. The lowest BCUT2D eigenvalue weighted by Crippen LogP contribution is -2.34. The third-order valence-electron chi connectivity index (χ3n) is 6.81. The molecule has 1 atom stereocenters. The molecule has 1 aliphatic carbocycles. The summed E-state index contributed by atoms with van der Waals surface area (Å²) in [6, 6.07) is 12.3. The summed E-state index contributed by atoms with van der Waals surface area (Å²) < 4.78 is 6.30. The first-order valence-corrected chi connectivity index (χ1v) is 11.9. The van der Waals surface area contributed by atoms with Crippen LogP contribution < -0.4 is 10.1 Å². The summed E-state index contributed by atoms with van der Waals surface area (Å²) in [7, 11) is 0. The van der Waals surface area contributed by atoms with Crippen molar-refractivity contribution in [1.82, 2.24) is 5.32 Å². The first-order valence-electron chi connectivity index (χ1n) is 11.1. The van der Waals surface area contributed by atoms with Crippen molar-refractivity contribution in [3.8, 4) is 5.75 Å². The van der Waals surface area contributed by atoms with Gasteiger partial charge in [-0.15, -0.1) is 0 Å². The van der Waals surface area contributed by atoms with Gasteiger partial charge in [-0.25, -0.2) is 0 Å². The van der Waals surface area contributed by atoms with E-state index in [1.807, 2.05) is 24.3 Å². The molecule has 2 aromatic rings. The van der Waals surface area contributed by atoms with Crippen molar-refractivity contribution >= 4 is 29.0 Å². The second-order valence-electron chi connectivity index (χ2n) is 10.2. The average molecular weight is 450 g/mol. The van der Waals surface area contributed by atoms with Crippen LogP contribution in [0.25, 0.3) is 6.08 Å². The number of ether oxygens (including phenoxy) is 1. The Morgan fingerprint density at radius 1 is 1.00 bits per heavy atom. The normalized spacial score (nSPS) is 21.2. The Balaban J connectivity index is 1.56. The lowest BCUT2D eigenvalue weighted by Gasteiger charge is -2.42. The van der Waals surface area contributed by atoms with Crippen LogP contribution in [0.15, 0.2) is 41.3 Å². The summed E-state index contributed by atoms with van der Waals surface area (Å²) >= 11 is 0.923. The quantitative estimate of drug-likeness (QED) is 0.521. The third-order valence-corrected chi connectivity index (χ3v) is 7.62. The summed E-state index contributed by atoms with van der Waals surface area (Å²) in [5.74, 6) is 0.430. The number of fused-ring (bicyclic) bond motifs is 1. The van der Waals surface area contributed by atoms with Crippen molar-refractivity contribution in [2.24, 2.45) is 0 Å². The minimum absolute atomic E-state index is 0.0841. The SMILES string of the molecule is Cc1cc2c(cc1C(C)Oc1ccc(/C=C3\SC(=O)NC3=O)cc1)C(C)(C)CCC2(C)C. The molecule has 1 unspecified atom stereocenters. The average Bonchev–Trinajstić information content (AvgIpc) is 3.03. The fourth-order valence-electron chi connectivity index (χ4n) is 4.66. The van der Waals surface area contributed by atoms with Gasteiger partial charge in [0.15, 0.2) is 0 Å². The van der Waals surface area contributed by atoms with Gasteiger partial charge in [0, 0.05) is 0 Å². The van der Waals surface area contributed by atoms with E-state index in [4.69, 9.17) is 4.74 Å². The highest BCUT2D eigenvalue weighted by Crippen LogP contribution is 2.47. The van der Waals surface area contributed by atoms with E-state index in [1.54, 1.807) is 6.08 Å². The fraction of sp³-hybridized carbons (Fsp3) is 0.407. The van der Waals surface area contributed by atoms with Crippen LogP contribution in [0, 0.1) is 6.92 Å². The number of benzene rings is 2. The zero-order chi connectivity index (χ0) is 23.3. The largest absolute Gasteiger partial charge is 0.486 e. The minimum Gasteiger partial charge on any atom is -0.486 e. The van der Waals surface area contributed by atoms with Crippen LogP contribution in [0.4, 0.5) is 4.79 Å². The van der Waals surface area contributed by atoms with Crippen LogP contribution in [0.3, 0.4) is 0 Å². The van der Waals surface area contributed by atoms with Gasteiger partial charge in [0.05, 0.1) is 4.91 Å². The monoisotopic (exact) mass is 449 g/mol. The summed E-state index contributed by atoms with van der Waals surface area (Å²) in [6.07, 6.45) is 4.02. The van der Waals surface area contributed by atoms with Crippen molar-refractivity contribution in [2.75, 3.05) is 0 Å². The van der Waals surface area contributed by atoms with Crippen molar-refractivity contribution in [3.05, 3.63) is 69.1 Å². The highest BCUT2D eigenvalue weighted by Gasteiger charge is 2.37. The topological polar surface area (TPSA) is 55.4 Å². The van der Waals surface area contributed by atoms with Gasteiger partial charge in [-0.05, 0) is 95.3 Å². The van der Waals surface area contributed by atoms with Gasteiger partial charge in [-0.2, -0.15) is 0 Å². The van der Waals surface area contributed by atoms with Gasteiger partial charge >= 0.3 is 0 Å². The van der Waals surface area contributed by atoms with E-state index in [1.165, 1.54) is 35.1 Å². The number of carbonyl (C=O) groups excluding carboxylic acids is 2. The predicted octanol–water partition coefficient (Wildman–Crippen LogP) is 6.81. The Morgan fingerprint density at radius 3 is 2.16 bits per heavy atom. The smallest absolute Gasteiger partial charge is 0.290 e. The molecule has 2 aliphatic rings. The van der Waals surface area contributed by atoms with Gasteiger partial charge in [0.1, 0.15) is 11.9 Å². The molecule has 0 bridgehead atoms. The zero-order valence-electron chi connectivity index (χ0n) is 19.7. The maximum absolute atomic E-state index is 11.7. The number of imide groups is 1. The summed E-state index contributed by atoms with van der Waals surface area (Å²) in [4.78, 5) is 23.5. The van der Waals surface area contributed by atoms with Crippen LogP contribution in [0.5, 0.6) is 5.75 Å². The molecule has 1 aliphatic heterocycles. The van der Waals surface area contributed by atoms with Crippen LogP contribution >= 0.6 is 11.8 Å². The predicted molar refractivity (Wildman–Crippen MR) is 131 cm³/mol. The third kappa shape index (κ3) is 4.36. The Labute approximate surface area is 194 Å². The number of rotatable bonds is 4. The highest BCUT2D eigenvalue weighted by molar-refractivity contribution is 8.18. The van der Waals surface area contributed by atoms with E-state index < -0.39 is 0 Å². The minimum atomic E-state index is -0.345. The number of hydrogen-bond donors (Lipinski definition) is 1. The maximum atomic E-state index is 11.7. The number of aryl methyl sites for hydroxylation is 1. The Morgan fingerprint density at radius 2 is 1.59 bits per heavy atom. The van der Waals surface area contributed by atoms with E-state index in [0.29, 0.717) is 4.91 Å². The Hall–Kier alpha value is -2.53. The number of carbonyl (C=O) groups is 2. The first kappa shape index (κ1) is 22.7. The molecule has 1 fully saturated rings. The van der Waals surface area contributed by atoms with Crippen LogP contribution in [0.2, 0.25) is 0 Å². The molecule has 5 heteroatoms. The van der Waals surface area contributed by atoms with Crippen molar-refractivity contribution in [1.29, 1.82) is 0 Å². The van der Waals surface area contributed by atoms with E-state index in [9.17, 15) is 9.59 Å². The van der Waals surface area contributed by atoms with Crippen LogP contribution in [-0.4, -0.2) is 11.1 Å². The molecule has 0 radical (unpaired) electrons. The summed E-state index contributed by atoms with van der Waals surface area (Å²) in [5.41, 5.74) is 6.60. The molecule has 2 amide bonds. The van der Waals surface area contributed by atoms with Crippen molar-refractivity contribution in [2.45, 2.75) is 71.3 Å². The number of amides is 2. The Bertz CT molecular complexity index is 1110. The summed E-state index contributed by atoms with van der Waals surface area (Å²) in [6.45, 7) is 13.6. The Kier molecular flexibility index (Phi) is 5.74. The first-order chi connectivity index (χ1) is 15.0. The van der Waals surface area contributed by atoms with E-state index in [2.05, 4.69) is 59.0 Å². The van der Waals surface area contributed by atoms with Crippen molar-refractivity contribution < 1.29 is 14.3 Å². The van der Waals surface area contributed by atoms with Crippen LogP contribution in [0.1, 0.15) is 81.4 Å². The van der Waals surface area contributed by atoms with Gasteiger partial charge in [-0.1, -0.05) is 52.0 Å². The molecule has 4 nitrogen and oxygen atoms in total. The maximum Gasteiger partial charge on any atom is 0.290 e. The molecule has 0 aromatic heterocycles. The molecule has 168 valence electrons. The fourth-order valence-corrected chi connectivity index (χ4v) is 5.34. The van der Waals surface area contributed by atoms with Gasteiger partial charge < -0.3 is 4.74 Å². The van der Waals surface area contributed by atoms with E-state index >= 15 is 0 Å². The molecule has 0 spiro atoms. The lowest BCUT2D eigenvalue weighted by atomic mass is 9.62. The molecule has 1 saturated heterocycles. The lowest BCUT2D eigenvalue weighted by molar-refractivity contribution is -0.115. The molecule has 4 rings (SSSR count). The van der Waals surface area contributed by atoms with Gasteiger partial charge in [-0.3, -0.25) is 14.9 Å². The van der Waals surface area contributed by atoms with E-state index in [0.717, 1.165) is 23.1 Å². The molecular weight excluding hydrogens is 418 g/mol. The van der Waals surface area contributed by atoms with Gasteiger partial charge in [0.2, 0.25) is 0 Å². The standard InChI is InChI=1S/C27H31NO3S/c1-16-13-21-22(27(5,6)12-11-26(21,3)4)15-20(16)17(2)31-19-9-7-18(8-10-19)14-23-24(29)28-25(30)32-23/h7-10,13-15,17H,11-12H2,1-6H3,(H,28,29,30)/b23-14-. The summed E-state index contributed by atoms with van der Waals surface area (Å²) in [5, 5.41) is 1.94. The molecule has 32 heavy (non-hydrogen) atoms. The molecular formula is C27H31NO3S. The number of hydrogen-bond acceptors (Lipinski definition) is 4. The number of thioether (sulfide) groups is 1. The van der Waals surface area contributed by atoms with Crippen LogP contribution in [-0.2, 0) is 15.6 Å². The zero-order valence-corrected chi connectivity index (χ0v) is 20.5. The van der Waals surface area contributed by atoms with Gasteiger partial charge in [0.25, 0.3) is 11.1 Å². The number of nitrogens with one attached hydrogen (secondary N) is 1. The second kappa shape index (κ2) is 8.11. The van der Waals surface area contributed by atoms with Crippen molar-refractivity contribution in [3.63, 3.8) is 0 Å². The molecule has 1 heterocycles. The van der Waals surface area contributed by atoms with E-state index in [-0.39, 0.29) is 28.1 Å². The molecule has 2 aromatic carbocycles. The molecule has 0 saturated carbocycles. The second-order valence-corrected chi connectivity index (χ2v) is 11.2. The highest BCUT2D eigenvalue weighted by atomic mass is 32.2.